The number of aromatic nitrogens is 2. The molecule has 2 nitrogen and oxygen atoms in total. The molecule has 0 aliphatic heterocycles. The van der Waals surface area contributed by atoms with Gasteiger partial charge in [-0.05, 0) is 73.8 Å². The predicted molar refractivity (Wildman–Crippen MR) is 227 cm³/mol. The molecule has 0 unspecified atom stereocenters. The lowest BCUT2D eigenvalue weighted by molar-refractivity contribution is 0.769. The molecule has 55 heavy (non-hydrogen) atoms. The van der Waals surface area contributed by atoms with Gasteiger partial charge in [-0.1, -0.05) is 200 Å². The summed E-state index contributed by atoms with van der Waals surface area (Å²) in [6.45, 7) is 0. The average Bonchev–Trinajstić information content (AvgIpc) is 3.58. The second-order valence-electron chi connectivity index (χ2n) is 14.1. The Bertz CT molecular complexity index is 2750. The lowest BCUT2D eigenvalue weighted by atomic mass is 9.67. The number of benzene rings is 8. The number of rotatable bonds is 7. The Morgan fingerprint density at radius 1 is 0.273 bits per heavy atom. The van der Waals surface area contributed by atoms with E-state index in [4.69, 9.17) is 9.97 Å². The van der Waals surface area contributed by atoms with Gasteiger partial charge < -0.3 is 0 Å². The fraction of sp³-hybridized carbons (Fsp3) is 0.0189. The molecule has 9 aromatic rings. The molecule has 0 amide bonds. The third kappa shape index (κ3) is 5.59. The van der Waals surface area contributed by atoms with Crippen LogP contribution in [0.5, 0.6) is 0 Å². The molecule has 1 heterocycles. The van der Waals surface area contributed by atoms with E-state index in [1.54, 1.807) is 0 Å². The monoisotopic (exact) mass is 700 g/mol. The molecular formula is C53H36N2. The molecule has 0 fully saturated rings. The standard InChI is InChI=1S/C53H36N2/c1-5-18-37(19-6-1)39-22-17-23-41(34-39)50-36-51(55-52(54-50)38-20-7-2-8-21-38)47-30-14-13-28-44(47)40-32-33-46-45-29-15-16-31-48(45)53(49(46)35-40,42-24-9-3-10-25-42)43-26-11-4-12-27-43/h1-36H. The maximum atomic E-state index is 5.28. The van der Waals surface area contributed by atoms with E-state index in [2.05, 4.69) is 200 Å². The smallest absolute Gasteiger partial charge is 0.160 e. The number of fused-ring (bicyclic) bond motifs is 3. The molecule has 0 saturated heterocycles. The van der Waals surface area contributed by atoms with E-state index < -0.39 is 5.41 Å². The maximum Gasteiger partial charge on any atom is 0.160 e. The first-order valence-corrected chi connectivity index (χ1v) is 18.8. The maximum absolute atomic E-state index is 5.28. The van der Waals surface area contributed by atoms with Crippen molar-refractivity contribution >= 4 is 0 Å². The van der Waals surface area contributed by atoms with Crippen molar-refractivity contribution in [1.82, 2.24) is 9.97 Å². The highest BCUT2D eigenvalue weighted by molar-refractivity contribution is 5.91. The summed E-state index contributed by atoms with van der Waals surface area (Å²) in [4.78, 5) is 10.5. The number of nitrogens with zero attached hydrogens (tertiary/aromatic N) is 2. The van der Waals surface area contributed by atoms with Crippen molar-refractivity contribution in [3.05, 3.63) is 241 Å². The predicted octanol–water partition coefficient (Wildman–Crippen LogP) is 13.2. The lowest BCUT2D eigenvalue weighted by Gasteiger charge is -2.34. The molecule has 2 heteroatoms. The highest BCUT2D eigenvalue weighted by Gasteiger charge is 2.46. The third-order valence-electron chi connectivity index (χ3n) is 11.0. The summed E-state index contributed by atoms with van der Waals surface area (Å²) < 4.78 is 0. The molecule has 8 aromatic carbocycles. The Morgan fingerprint density at radius 2 is 0.782 bits per heavy atom. The van der Waals surface area contributed by atoms with Gasteiger partial charge in [-0.15, -0.1) is 0 Å². The molecule has 1 aliphatic carbocycles. The first-order valence-electron chi connectivity index (χ1n) is 18.8. The summed E-state index contributed by atoms with van der Waals surface area (Å²) in [7, 11) is 0. The molecule has 1 aliphatic rings. The zero-order valence-electron chi connectivity index (χ0n) is 30.2. The molecule has 0 saturated carbocycles. The van der Waals surface area contributed by atoms with Crippen LogP contribution in [0.3, 0.4) is 0 Å². The van der Waals surface area contributed by atoms with Gasteiger partial charge in [0.2, 0.25) is 0 Å². The van der Waals surface area contributed by atoms with E-state index in [1.165, 1.54) is 38.9 Å². The fourth-order valence-electron chi connectivity index (χ4n) is 8.51. The largest absolute Gasteiger partial charge is 0.228 e. The highest BCUT2D eigenvalue weighted by Crippen LogP contribution is 2.56. The van der Waals surface area contributed by atoms with E-state index >= 15 is 0 Å². The lowest BCUT2D eigenvalue weighted by Crippen LogP contribution is -2.28. The van der Waals surface area contributed by atoms with Crippen molar-refractivity contribution in [2.45, 2.75) is 5.41 Å². The summed E-state index contributed by atoms with van der Waals surface area (Å²) in [5.41, 5.74) is 16.6. The minimum Gasteiger partial charge on any atom is -0.228 e. The molecule has 258 valence electrons. The van der Waals surface area contributed by atoms with Crippen molar-refractivity contribution in [1.29, 1.82) is 0 Å². The zero-order valence-corrected chi connectivity index (χ0v) is 30.2. The summed E-state index contributed by atoms with van der Waals surface area (Å²) in [6, 6.07) is 78.2. The fourth-order valence-corrected chi connectivity index (χ4v) is 8.51. The summed E-state index contributed by atoms with van der Waals surface area (Å²) in [6.07, 6.45) is 0. The van der Waals surface area contributed by atoms with Crippen LogP contribution in [0.2, 0.25) is 0 Å². The van der Waals surface area contributed by atoms with Crippen LogP contribution in [0.1, 0.15) is 22.3 Å². The molecule has 0 N–H and O–H groups in total. The molecule has 0 radical (unpaired) electrons. The van der Waals surface area contributed by atoms with Gasteiger partial charge in [0.05, 0.1) is 16.8 Å². The summed E-state index contributed by atoms with van der Waals surface area (Å²) in [5, 5.41) is 0. The first-order chi connectivity index (χ1) is 27.3. The quantitative estimate of drug-likeness (QED) is 0.165. The highest BCUT2D eigenvalue weighted by atomic mass is 14.9. The molecule has 0 bridgehead atoms. The Hall–Kier alpha value is -7.16. The van der Waals surface area contributed by atoms with Gasteiger partial charge in [0.1, 0.15) is 0 Å². The molecular weight excluding hydrogens is 665 g/mol. The normalized spacial score (nSPS) is 12.5. The molecule has 1 aromatic heterocycles. The SMILES string of the molecule is c1ccc(-c2cccc(-c3cc(-c4ccccc4-c4ccc5c(c4)C(c4ccccc4)(c4ccccc4)c4ccccc4-5)nc(-c4ccccc4)n3)c2)cc1. The Kier molecular flexibility index (Phi) is 8.08. The second kappa shape index (κ2) is 13.7. The van der Waals surface area contributed by atoms with E-state index in [0.717, 1.165) is 44.8 Å². The Balaban J connectivity index is 1.18. The van der Waals surface area contributed by atoms with Gasteiger partial charge >= 0.3 is 0 Å². The van der Waals surface area contributed by atoms with Gasteiger partial charge in [0, 0.05) is 16.7 Å². The van der Waals surface area contributed by atoms with Crippen molar-refractivity contribution in [3.8, 4) is 67.3 Å². The van der Waals surface area contributed by atoms with Gasteiger partial charge in [0.15, 0.2) is 5.82 Å². The van der Waals surface area contributed by atoms with Crippen LogP contribution in [-0.4, -0.2) is 9.97 Å². The molecule has 0 spiro atoms. The van der Waals surface area contributed by atoms with Crippen molar-refractivity contribution in [2.24, 2.45) is 0 Å². The topological polar surface area (TPSA) is 25.8 Å². The minimum atomic E-state index is -0.480. The van der Waals surface area contributed by atoms with Gasteiger partial charge in [-0.25, -0.2) is 9.97 Å². The van der Waals surface area contributed by atoms with E-state index in [9.17, 15) is 0 Å². The second-order valence-corrected chi connectivity index (χ2v) is 14.1. The summed E-state index contributed by atoms with van der Waals surface area (Å²) >= 11 is 0. The van der Waals surface area contributed by atoms with Crippen molar-refractivity contribution in [2.75, 3.05) is 0 Å². The van der Waals surface area contributed by atoms with Crippen molar-refractivity contribution in [3.63, 3.8) is 0 Å². The number of hydrogen-bond acceptors (Lipinski definition) is 2. The average molecular weight is 701 g/mol. The summed E-state index contributed by atoms with van der Waals surface area (Å²) in [5.74, 6) is 0.699. The van der Waals surface area contributed by atoms with Crippen LogP contribution < -0.4 is 0 Å². The van der Waals surface area contributed by atoms with E-state index in [1.807, 2.05) is 18.2 Å². The Morgan fingerprint density at radius 3 is 1.47 bits per heavy atom. The first kappa shape index (κ1) is 32.5. The number of hydrogen-bond donors (Lipinski definition) is 0. The van der Waals surface area contributed by atoms with Crippen LogP contribution in [0.25, 0.3) is 67.3 Å². The zero-order chi connectivity index (χ0) is 36.6. The van der Waals surface area contributed by atoms with Gasteiger partial charge in [-0.2, -0.15) is 0 Å². The van der Waals surface area contributed by atoms with Crippen molar-refractivity contribution < 1.29 is 0 Å². The van der Waals surface area contributed by atoms with Crippen LogP contribution in [0.15, 0.2) is 218 Å². The van der Waals surface area contributed by atoms with Crippen LogP contribution in [0, 0.1) is 0 Å². The molecule has 0 atom stereocenters. The van der Waals surface area contributed by atoms with Crippen LogP contribution >= 0.6 is 0 Å². The molecule has 10 rings (SSSR count). The van der Waals surface area contributed by atoms with Gasteiger partial charge in [-0.3, -0.25) is 0 Å². The van der Waals surface area contributed by atoms with E-state index in [-0.39, 0.29) is 0 Å². The Labute approximate surface area is 322 Å². The van der Waals surface area contributed by atoms with Gasteiger partial charge in [0.25, 0.3) is 0 Å². The van der Waals surface area contributed by atoms with Crippen LogP contribution in [-0.2, 0) is 5.41 Å². The van der Waals surface area contributed by atoms with E-state index in [0.29, 0.717) is 5.82 Å². The van der Waals surface area contributed by atoms with Crippen LogP contribution in [0.4, 0.5) is 0 Å². The third-order valence-corrected chi connectivity index (χ3v) is 11.0. The minimum absolute atomic E-state index is 0.480.